The lowest BCUT2D eigenvalue weighted by atomic mass is 10.2. The maximum Gasteiger partial charge on any atom is 0.269 e. The normalized spacial score (nSPS) is 11.4. The number of hydrogen-bond donors (Lipinski definition) is 1. The standard InChI is InChI=1S/C10H13IN2O4S/c11-6-1-7-12-18(16,17)8-9-2-4-10(5-3-9)13(14)15/h2-5,12H,1,6-8H2. The van der Waals surface area contributed by atoms with Crippen LogP contribution in [-0.2, 0) is 15.8 Å². The van der Waals surface area contributed by atoms with Crippen molar-refractivity contribution < 1.29 is 13.3 Å². The molecule has 1 rings (SSSR count). The van der Waals surface area contributed by atoms with Gasteiger partial charge in [0.25, 0.3) is 5.69 Å². The van der Waals surface area contributed by atoms with Gasteiger partial charge in [-0.15, -0.1) is 0 Å². The van der Waals surface area contributed by atoms with E-state index >= 15 is 0 Å². The number of halogens is 1. The summed E-state index contributed by atoms with van der Waals surface area (Å²) in [5.41, 5.74) is 0.483. The fraction of sp³-hybridized carbons (Fsp3) is 0.400. The summed E-state index contributed by atoms with van der Waals surface area (Å²) in [4.78, 5) is 9.93. The second-order valence-electron chi connectivity index (χ2n) is 3.62. The fourth-order valence-corrected chi connectivity index (χ4v) is 2.85. The zero-order valence-corrected chi connectivity index (χ0v) is 12.5. The predicted molar refractivity (Wildman–Crippen MR) is 77.2 cm³/mol. The van der Waals surface area contributed by atoms with Crippen LogP contribution in [0.1, 0.15) is 12.0 Å². The number of rotatable bonds is 7. The molecule has 8 heteroatoms. The zero-order chi connectivity index (χ0) is 13.6. The number of hydrogen-bond acceptors (Lipinski definition) is 4. The minimum atomic E-state index is -3.36. The fourth-order valence-electron chi connectivity index (χ4n) is 1.28. The molecule has 0 aliphatic carbocycles. The Morgan fingerprint density at radius 1 is 1.28 bits per heavy atom. The molecule has 100 valence electrons. The molecule has 6 nitrogen and oxygen atoms in total. The molecule has 0 bridgehead atoms. The molecular formula is C10H13IN2O4S. The first-order valence-electron chi connectivity index (χ1n) is 5.21. The van der Waals surface area contributed by atoms with E-state index in [9.17, 15) is 18.5 Å². The van der Waals surface area contributed by atoms with Gasteiger partial charge >= 0.3 is 0 Å². The molecule has 0 fully saturated rings. The minimum Gasteiger partial charge on any atom is -0.258 e. The van der Waals surface area contributed by atoms with Gasteiger partial charge in [0.15, 0.2) is 0 Å². The molecule has 0 amide bonds. The topological polar surface area (TPSA) is 89.3 Å². The Balaban J connectivity index is 2.63. The number of nitro groups is 1. The van der Waals surface area contributed by atoms with Crippen molar-refractivity contribution in [3.63, 3.8) is 0 Å². The largest absolute Gasteiger partial charge is 0.269 e. The molecule has 0 aliphatic heterocycles. The van der Waals surface area contributed by atoms with Gasteiger partial charge in [-0.3, -0.25) is 10.1 Å². The summed E-state index contributed by atoms with van der Waals surface area (Å²) < 4.78 is 26.7. The molecule has 1 aromatic carbocycles. The van der Waals surface area contributed by atoms with Gasteiger partial charge in [0.1, 0.15) is 0 Å². The number of nitrogens with zero attached hydrogens (tertiary/aromatic N) is 1. The van der Waals surface area contributed by atoms with E-state index in [0.717, 1.165) is 10.8 Å². The van der Waals surface area contributed by atoms with Crippen LogP contribution in [0.5, 0.6) is 0 Å². The molecule has 0 spiro atoms. The van der Waals surface area contributed by atoms with Crippen LogP contribution in [0.15, 0.2) is 24.3 Å². The van der Waals surface area contributed by atoms with E-state index in [4.69, 9.17) is 0 Å². The third-order valence-corrected chi connectivity index (χ3v) is 4.26. The molecule has 0 atom stereocenters. The lowest BCUT2D eigenvalue weighted by molar-refractivity contribution is -0.384. The van der Waals surface area contributed by atoms with Crippen molar-refractivity contribution in [2.75, 3.05) is 11.0 Å². The van der Waals surface area contributed by atoms with E-state index in [0.29, 0.717) is 12.1 Å². The zero-order valence-electron chi connectivity index (χ0n) is 9.50. The first-order chi connectivity index (χ1) is 8.44. The van der Waals surface area contributed by atoms with Crippen LogP contribution in [0.4, 0.5) is 5.69 Å². The molecule has 0 heterocycles. The molecule has 1 N–H and O–H groups in total. The SMILES string of the molecule is O=[N+]([O-])c1ccc(CS(=O)(=O)NCCCI)cc1. The van der Waals surface area contributed by atoms with E-state index < -0.39 is 14.9 Å². The Hall–Kier alpha value is -0.740. The highest BCUT2D eigenvalue weighted by molar-refractivity contribution is 14.1. The summed E-state index contributed by atoms with van der Waals surface area (Å²) in [6.07, 6.45) is 0.778. The third kappa shape index (κ3) is 5.27. The van der Waals surface area contributed by atoms with Crippen molar-refractivity contribution in [1.29, 1.82) is 0 Å². The van der Waals surface area contributed by atoms with Crippen molar-refractivity contribution in [2.45, 2.75) is 12.2 Å². The highest BCUT2D eigenvalue weighted by Gasteiger charge is 2.12. The van der Waals surface area contributed by atoms with Gasteiger partial charge in [-0.1, -0.05) is 34.7 Å². The Bertz CT molecular complexity index is 501. The Kier molecular flexibility index (Phi) is 5.96. The van der Waals surface area contributed by atoms with E-state index in [1.165, 1.54) is 24.3 Å². The van der Waals surface area contributed by atoms with Crippen LogP contribution in [0.3, 0.4) is 0 Å². The Labute approximate surface area is 119 Å². The quantitative estimate of drug-likeness (QED) is 0.255. The van der Waals surface area contributed by atoms with Crippen LogP contribution < -0.4 is 4.72 Å². The van der Waals surface area contributed by atoms with Crippen LogP contribution >= 0.6 is 22.6 Å². The molecule has 1 aromatic rings. The smallest absolute Gasteiger partial charge is 0.258 e. The molecule has 0 saturated carbocycles. The maximum atomic E-state index is 11.6. The Morgan fingerprint density at radius 2 is 1.89 bits per heavy atom. The molecule has 0 radical (unpaired) electrons. The summed E-state index contributed by atoms with van der Waals surface area (Å²) >= 11 is 2.17. The van der Waals surface area contributed by atoms with Gasteiger partial charge in [0.05, 0.1) is 10.7 Å². The van der Waals surface area contributed by atoms with Crippen molar-refractivity contribution in [3.8, 4) is 0 Å². The Morgan fingerprint density at radius 3 is 2.39 bits per heavy atom. The van der Waals surface area contributed by atoms with E-state index in [-0.39, 0.29) is 11.4 Å². The third-order valence-electron chi connectivity index (χ3n) is 2.14. The average molecular weight is 384 g/mol. The van der Waals surface area contributed by atoms with Gasteiger partial charge in [-0.25, -0.2) is 13.1 Å². The van der Waals surface area contributed by atoms with Gasteiger partial charge in [-0.05, 0) is 12.0 Å². The second kappa shape index (κ2) is 7.00. The summed E-state index contributed by atoms with van der Waals surface area (Å²) in [6, 6.07) is 5.51. The number of nitrogens with one attached hydrogen (secondary N) is 1. The monoisotopic (exact) mass is 384 g/mol. The van der Waals surface area contributed by atoms with Crippen LogP contribution in [0.2, 0.25) is 0 Å². The second-order valence-corrected chi connectivity index (χ2v) is 6.51. The lowest BCUT2D eigenvalue weighted by Gasteiger charge is -2.05. The average Bonchev–Trinajstić information content (AvgIpc) is 2.29. The van der Waals surface area contributed by atoms with Crippen molar-refractivity contribution in [2.24, 2.45) is 0 Å². The number of sulfonamides is 1. The minimum absolute atomic E-state index is 0.0472. The lowest BCUT2D eigenvalue weighted by Crippen LogP contribution is -2.26. The highest BCUT2D eigenvalue weighted by Crippen LogP contribution is 2.13. The highest BCUT2D eigenvalue weighted by atomic mass is 127. The number of non-ortho nitro benzene ring substituents is 1. The predicted octanol–water partition coefficient (Wildman–Crippen LogP) is 1.84. The van der Waals surface area contributed by atoms with Gasteiger partial charge < -0.3 is 0 Å². The van der Waals surface area contributed by atoms with Crippen molar-refractivity contribution in [3.05, 3.63) is 39.9 Å². The van der Waals surface area contributed by atoms with Gasteiger partial charge in [0, 0.05) is 23.1 Å². The molecule has 0 aromatic heterocycles. The van der Waals surface area contributed by atoms with Crippen LogP contribution in [0, 0.1) is 10.1 Å². The molecule has 0 aliphatic rings. The van der Waals surface area contributed by atoms with E-state index in [2.05, 4.69) is 27.3 Å². The van der Waals surface area contributed by atoms with E-state index in [1.807, 2.05) is 0 Å². The number of benzene rings is 1. The summed E-state index contributed by atoms with van der Waals surface area (Å²) in [6.45, 7) is 0.415. The van der Waals surface area contributed by atoms with Crippen molar-refractivity contribution >= 4 is 38.3 Å². The van der Waals surface area contributed by atoms with Crippen molar-refractivity contribution in [1.82, 2.24) is 4.72 Å². The number of nitro benzene ring substituents is 1. The van der Waals surface area contributed by atoms with Gasteiger partial charge in [-0.2, -0.15) is 0 Å². The van der Waals surface area contributed by atoms with E-state index in [1.54, 1.807) is 0 Å². The summed E-state index contributed by atoms with van der Waals surface area (Å²) in [5.74, 6) is -0.160. The van der Waals surface area contributed by atoms with Crippen LogP contribution in [0.25, 0.3) is 0 Å². The molecule has 0 unspecified atom stereocenters. The van der Waals surface area contributed by atoms with Crippen LogP contribution in [-0.4, -0.2) is 24.3 Å². The first kappa shape index (κ1) is 15.3. The first-order valence-corrected chi connectivity index (χ1v) is 8.39. The maximum absolute atomic E-state index is 11.6. The summed E-state index contributed by atoms with van der Waals surface area (Å²) in [5, 5.41) is 10.4. The molecular weight excluding hydrogens is 371 g/mol. The number of alkyl halides is 1. The van der Waals surface area contributed by atoms with Gasteiger partial charge in [0.2, 0.25) is 10.0 Å². The molecule has 0 saturated heterocycles. The molecule has 18 heavy (non-hydrogen) atoms. The summed E-state index contributed by atoms with van der Waals surface area (Å²) in [7, 11) is -3.36.